The second-order valence-corrected chi connectivity index (χ2v) is 9.53. The summed E-state index contributed by atoms with van der Waals surface area (Å²) >= 11 is 0. The van der Waals surface area contributed by atoms with Gasteiger partial charge in [-0.25, -0.2) is 13.2 Å². The normalized spacial score (nSPS) is 16.2. The highest BCUT2D eigenvalue weighted by molar-refractivity contribution is 7.89. The average molecular weight is 433 g/mol. The van der Waals surface area contributed by atoms with E-state index in [9.17, 15) is 18.0 Å². The van der Waals surface area contributed by atoms with E-state index in [0.717, 1.165) is 19.3 Å². The molecule has 2 aromatic rings. The third-order valence-corrected chi connectivity index (χ3v) is 7.26. The molecular weight excluding hydrogens is 404 g/mol. The van der Waals surface area contributed by atoms with E-state index in [4.69, 9.17) is 0 Å². The van der Waals surface area contributed by atoms with Crippen LogP contribution in [0.1, 0.15) is 50.0 Å². The molecule has 0 aliphatic carbocycles. The Morgan fingerprint density at radius 2 is 1.77 bits per heavy atom. The van der Waals surface area contributed by atoms with Gasteiger partial charge in [-0.15, -0.1) is 0 Å². The third kappa shape index (κ3) is 4.62. The predicted molar refractivity (Wildman–Crippen MR) is 115 cm³/mol. The number of nitrogens with one attached hydrogen (secondary N) is 1. The Labute approximate surface area is 177 Å². The van der Waals surface area contributed by atoms with Gasteiger partial charge in [-0.3, -0.25) is 9.36 Å². The molecule has 0 radical (unpaired) electrons. The molecule has 30 heavy (non-hydrogen) atoms. The molecule has 8 nitrogen and oxygen atoms in total. The van der Waals surface area contributed by atoms with Crippen LogP contribution in [0.25, 0.3) is 0 Å². The van der Waals surface area contributed by atoms with Gasteiger partial charge in [0.05, 0.1) is 4.90 Å². The Balaban J connectivity index is 1.78. The van der Waals surface area contributed by atoms with E-state index in [0.29, 0.717) is 36.6 Å². The molecule has 9 heteroatoms. The van der Waals surface area contributed by atoms with Crippen LogP contribution < -0.4 is 11.0 Å². The van der Waals surface area contributed by atoms with E-state index in [-0.39, 0.29) is 10.8 Å². The van der Waals surface area contributed by atoms with Crippen LogP contribution in [0.5, 0.6) is 0 Å². The standard InChI is InChI=1S/C21H28N4O4S/c1-4-19(25-16(3)14-15(2)22-21(25)27)20(26)23-17-8-10-18(11-9-17)30(28,29)24-12-6-5-7-13-24/h8-11,14,19H,4-7,12-13H2,1-3H3,(H,23,26). The maximum Gasteiger partial charge on any atom is 0.348 e. The van der Waals surface area contributed by atoms with E-state index < -0.39 is 21.8 Å². The molecule has 0 saturated carbocycles. The third-order valence-electron chi connectivity index (χ3n) is 5.35. The zero-order chi connectivity index (χ0) is 21.9. The number of anilines is 1. The summed E-state index contributed by atoms with van der Waals surface area (Å²) in [6.45, 7) is 6.41. The predicted octanol–water partition coefficient (Wildman–Crippen LogP) is 2.62. The van der Waals surface area contributed by atoms with Gasteiger partial charge in [0.15, 0.2) is 0 Å². The van der Waals surface area contributed by atoms with E-state index in [1.54, 1.807) is 32.0 Å². The number of rotatable bonds is 6. The van der Waals surface area contributed by atoms with E-state index >= 15 is 0 Å². The molecule has 1 aromatic carbocycles. The summed E-state index contributed by atoms with van der Waals surface area (Å²) in [4.78, 5) is 29.3. The van der Waals surface area contributed by atoms with Crippen LogP contribution >= 0.6 is 0 Å². The molecule has 162 valence electrons. The molecule has 1 aliphatic rings. The number of aromatic nitrogens is 2. The molecule has 1 atom stereocenters. The Morgan fingerprint density at radius 1 is 1.13 bits per heavy atom. The average Bonchev–Trinajstić information content (AvgIpc) is 2.71. The van der Waals surface area contributed by atoms with Gasteiger partial charge >= 0.3 is 5.69 Å². The molecule has 1 saturated heterocycles. The lowest BCUT2D eigenvalue weighted by atomic mass is 10.1. The SMILES string of the molecule is CCC(C(=O)Nc1ccc(S(=O)(=O)N2CCCCC2)cc1)n1c(C)cc(C)nc1=O. The first-order chi connectivity index (χ1) is 14.2. The topological polar surface area (TPSA) is 101 Å². The molecule has 1 amide bonds. The molecule has 2 heterocycles. The first kappa shape index (κ1) is 22.2. The minimum atomic E-state index is -3.52. The van der Waals surface area contributed by atoms with Crippen LogP contribution in [0.3, 0.4) is 0 Å². The molecule has 0 spiro atoms. The number of aryl methyl sites for hydroxylation is 2. The van der Waals surface area contributed by atoms with Gasteiger partial charge in [0, 0.05) is 30.2 Å². The van der Waals surface area contributed by atoms with Crippen LogP contribution in [-0.4, -0.2) is 41.3 Å². The fourth-order valence-electron chi connectivity index (χ4n) is 3.81. The van der Waals surface area contributed by atoms with Crippen molar-refractivity contribution in [3.05, 3.63) is 52.2 Å². The van der Waals surface area contributed by atoms with Crippen LogP contribution in [-0.2, 0) is 14.8 Å². The van der Waals surface area contributed by atoms with Gasteiger partial charge in [0.1, 0.15) is 6.04 Å². The summed E-state index contributed by atoms with van der Waals surface area (Å²) in [6.07, 6.45) is 3.21. The maximum atomic E-state index is 12.8. The van der Waals surface area contributed by atoms with Gasteiger partial charge in [0.2, 0.25) is 15.9 Å². The van der Waals surface area contributed by atoms with Crippen LogP contribution in [0, 0.1) is 13.8 Å². The van der Waals surface area contributed by atoms with Crippen LogP contribution in [0.15, 0.2) is 40.0 Å². The second kappa shape index (κ2) is 9.09. The minimum absolute atomic E-state index is 0.212. The van der Waals surface area contributed by atoms with E-state index in [1.165, 1.54) is 21.0 Å². The molecule has 3 rings (SSSR count). The Morgan fingerprint density at radius 3 is 2.33 bits per heavy atom. The summed E-state index contributed by atoms with van der Waals surface area (Å²) in [5, 5.41) is 2.78. The highest BCUT2D eigenvalue weighted by atomic mass is 32.2. The number of benzene rings is 1. The quantitative estimate of drug-likeness (QED) is 0.756. The van der Waals surface area contributed by atoms with Crippen molar-refractivity contribution in [3.63, 3.8) is 0 Å². The molecule has 1 aromatic heterocycles. The molecule has 1 N–H and O–H groups in total. The van der Waals surface area contributed by atoms with Crippen LogP contribution in [0.4, 0.5) is 5.69 Å². The van der Waals surface area contributed by atoms with Crippen molar-refractivity contribution in [1.29, 1.82) is 0 Å². The summed E-state index contributed by atoms with van der Waals surface area (Å²) in [7, 11) is -3.52. The van der Waals surface area contributed by atoms with Gasteiger partial charge in [-0.05, 0) is 63.4 Å². The van der Waals surface area contributed by atoms with Crippen molar-refractivity contribution in [3.8, 4) is 0 Å². The molecule has 1 fully saturated rings. The summed E-state index contributed by atoms with van der Waals surface area (Å²) in [6, 6.07) is 7.21. The highest BCUT2D eigenvalue weighted by Crippen LogP contribution is 2.23. The fraction of sp³-hybridized carbons (Fsp3) is 0.476. The van der Waals surface area contributed by atoms with Crippen molar-refractivity contribution < 1.29 is 13.2 Å². The first-order valence-corrected chi connectivity index (χ1v) is 11.7. The van der Waals surface area contributed by atoms with Gasteiger partial charge in [-0.2, -0.15) is 9.29 Å². The number of carbonyl (C=O) groups is 1. The first-order valence-electron chi connectivity index (χ1n) is 10.2. The van der Waals surface area contributed by atoms with Gasteiger partial charge in [-0.1, -0.05) is 13.3 Å². The van der Waals surface area contributed by atoms with Gasteiger partial charge < -0.3 is 5.32 Å². The monoisotopic (exact) mass is 432 g/mol. The Kier molecular flexibility index (Phi) is 6.72. The molecular formula is C21H28N4O4S. The zero-order valence-corrected chi connectivity index (χ0v) is 18.4. The number of nitrogens with zero attached hydrogens (tertiary/aromatic N) is 3. The Bertz CT molecular complexity index is 1070. The second-order valence-electron chi connectivity index (χ2n) is 7.59. The number of sulfonamides is 1. The lowest BCUT2D eigenvalue weighted by Gasteiger charge is -2.26. The van der Waals surface area contributed by atoms with Crippen LogP contribution in [0.2, 0.25) is 0 Å². The lowest BCUT2D eigenvalue weighted by molar-refractivity contribution is -0.119. The largest absolute Gasteiger partial charge is 0.348 e. The summed E-state index contributed by atoms with van der Waals surface area (Å²) in [5.41, 5.74) is 1.28. The minimum Gasteiger partial charge on any atom is -0.324 e. The molecule has 1 aliphatic heterocycles. The highest BCUT2D eigenvalue weighted by Gasteiger charge is 2.26. The summed E-state index contributed by atoms with van der Waals surface area (Å²) < 4.78 is 28.4. The maximum absolute atomic E-state index is 12.8. The van der Waals surface area contributed by atoms with Crippen molar-refractivity contribution >= 4 is 21.6 Å². The van der Waals surface area contributed by atoms with E-state index in [2.05, 4.69) is 10.3 Å². The van der Waals surface area contributed by atoms with E-state index in [1.807, 2.05) is 6.92 Å². The number of hydrogen-bond donors (Lipinski definition) is 1. The molecule has 0 bridgehead atoms. The fourth-order valence-corrected chi connectivity index (χ4v) is 5.33. The number of amides is 1. The molecule has 1 unspecified atom stereocenters. The Hall–Kier alpha value is -2.52. The summed E-state index contributed by atoms with van der Waals surface area (Å²) in [5.74, 6) is -0.347. The lowest BCUT2D eigenvalue weighted by Crippen LogP contribution is -2.36. The number of hydrogen-bond acceptors (Lipinski definition) is 5. The van der Waals surface area contributed by atoms with Crippen molar-refractivity contribution in [2.45, 2.75) is 57.4 Å². The van der Waals surface area contributed by atoms with Gasteiger partial charge in [0.25, 0.3) is 0 Å². The zero-order valence-electron chi connectivity index (χ0n) is 17.6. The number of carbonyl (C=O) groups excluding carboxylic acids is 1. The number of piperidine rings is 1. The smallest absolute Gasteiger partial charge is 0.324 e. The van der Waals surface area contributed by atoms with Crippen molar-refractivity contribution in [2.24, 2.45) is 0 Å². The van der Waals surface area contributed by atoms with Crippen molar-refractivity contribution in [1.82, 2.24) is 13.9 Å². The van der Waals surface area contributed by atoms with Crippen molar-refractivity contribution in [2.75, 3.05) is 18.4 Å².